The van der Waals surface area contributed by atoms with E-state index in [4.69, 9.17) is 27.8 Å². The fourth-order valence-corrected chi connectivity index (χ4v) is 4.76. The van der Waals surface area contributed by atoms with E-state index in [9.17, 15) is 5.26 Å². The SMILES string of the molecule is C/C(N)=N/C(=C(\N)Cl)N1CC2(CC(Oc3cccc4c3CB(C#N)C4)C2)C1.C/C=C\C. The highest BCUT2D eigenvalue weighted by atomic mass is 35.5. The van der Waals surface area contributed by atoms with Gasteiger partial charge in [-0.2, -0.15) is 0 Å². The molecule has 4 N–H and O–H groups in total. The lowest BCUT2D eigenvalue weighted by molar-refractivity contribution is -0.106. The van der Waals surface area contributed by atoms with E-state index in [2.05, 4.69) is 21.9 Å². The first-order chi connectivity index (χ1) is 14.8. The van der Waals surface area contributed by atoms with Gasteiger partial charge in [-0.05, 0) is 63.4 Å². The highest BCUT2D eigenvalue weighted by Crippen LogP contribution is 2.51. The van der Waals surface area contributed by atoms with Gasteiger partial charge >= 0.3 is 0 Å². The lowest BCUT2D eigenvalue weighted by atomic mass is 9.49. The number of nitrogens with zero attached hydrogens (tertiary/aromatic N) is 3. The maximum Gasteiger partial charge on any atom is 0.276 e. The fourth-order valence-electron chi connectivity index (χ4n) is 4.60. The van der Waals surface area contributed by atoms with Gasteiger partial charge in [-0.3, -0.25) is 0 Å². The van der Waals surface area contributed by atoms with Crippen molar-refractivity contribution in [3.63, 3.8) is 0 Å². The summed E-state index contributed by atoms with van der Waals surface area (Å²) in [6.07, 6.45) is 7.88. The van der Waals surface area contributed by atoms with Crippen molar-refractivity contribution in [2.75, 3.05) is 13.1 Å². The van der Waals surface area contributed by atoms with Crippen LogP contribution < -0.4 is 16.2 Å². The number of ether oxygens (including phenoxy) is 1. The molecule has 8 heteroatoms. The molecule has 2 fully saturated rings. The molecule has 0 unspecified atom stereocenters. The number of allylic oxidation sites excluding steroid dienone is 2. The normalized spacial score (nSPS) is 20.3. The van der Waals surface area contributed by atoms with Crippen LogP contribution in [0.5, 0.6) is 5.75 Å². The lowest BCUT2D eigenvalue weighted by Crippen LogP contribution is -2.64. The van der Waals surface area contributed by atoms with Crippen LogP contribution in [0.2, 0.25) is 0 Å². The van der Waals surface area contributed by atoms with Crippen molar-refractivity contribution in [1.29, 1.82) is 5.26 Å². The van der Waals surface area contributed by atoms with Crippen LogP contribution in [0.25, 0.3) is 0 Å². The molecule has 0 amide bonds. The quantitative estimate of drug-likeness (QED) is 0.246. The predicted octanol–water partition coefficient (Wildman–Crippen LogP) is 3.55. The monoisotopic (exact) mass is 439 g/mol. The first-order valence-corrected chi connectivity index (χ1v) is 11.1. The van der Waals surface area contributed by atoms with Crippen LogP contribution in [-0.4, -0.2) is 36.6 Å². The van der Waals surface area contributed by atoms with Gasteiger partial charge in [0.1, 0.15) is 17.0 Å². The predicted molar refractivity (Wildman–Crippen MR) is 128 cm³/mol. The first-order valence-electron chi connectivity index (χ1n) is 10.8. The Bertz CT molecular complexity index is 926. The molecule has 1 aromatic carbocycles. The second kappa shape index (κ2) is 9.70. The highest BCUT2D eigenvalue weighted by Gasteiger charge is 2.54. The molecule has 3 aliphatic rings. The third-order valence-corrected chi connectivity index (χ3v) is 6.29. The molecule has 2 aliphatic heterocycles. The zero-order valence-corrected chi connectivity index (χ0v) is 19.3. The van der Waals surface area contributed by atoms with Crippen LogP contribution in [0, 0.1) is 16.6 Å². The Morgan fingerprint density at radius 2 is 1.97 bits per heavy atom. The van der Waals surface area contributed by atoms with Crippen molar-refractivity contribution >= 4 is 24.1 Å². The van der Waals surface area contributed by atoms with Gasteiger partial charge in [0.25, 0.3) is 6.71 Å². The molecule has 164 valence electrons. The molecule has 1 saturated heterocycles. The molecule has 1 spiro atoms. The number of halogens is 1. The smallest absolute Gasteiger partial charge is 0.276 e. The number of hydrogen-bond donors (Lipinski definition) is 2. The number of likely N-dealkylation sites (tertiary alicyclic amines) is 1. The van der Waals surface area contributed by atoms with Crippen LogP contribution in [0.1, 0.15) is 44.7 Å². The number of nitrogens with two attached hydrogens (primary N) is 2. The van der Waals surface area contributed by atoms with Gasteiger partial charge in [0, 0.05) is 24.5 Å². The molecular formula is C23H31BClN5O. The molecule has 2 heterocycles. The average Bonchev–Trinajstić information content (AvgIpc) is 3.11. The summed E-state index contributed by atoms with van der Waals surface area (Å²) in [6, 6.07) is 6.17. The second-order valence-corrected chi connectivity index (χ2v) is 9.13. The Hall–Kier alpha value is -2.59. The fraction of sp³-hybridized carbons (Fsp3) is 0.478. The molecule has 0 bridgehead atoms. The van der Waals surface area contributed by atoms with Gasteiger partial charge in [0.05, 0.1) is 5.84 Å². The Balaban J connectivity index is 0.000000628. The number of hydrogen-bond acceptors (Lipinski definition) is 5. The molecule has 1 aliphatic carbocycles. The van der Waals surface area contributed by atoms with E-state index in [-0.39, 0.29) is 23.4 Å². The summed E-state index contributed by atoms with van der Waals surface area (Å²) in [6.45, 7) is 7.54. The lowest BCUT2D eigenvalue weighted by Gasteiger charge is -2.59. The van der Waals surface area contributed by atoms with E-state index in [0.717, 1.165) is 44.3 Å². The Labute approximate surface area is 190 Å². The average molecular weight is 440 g/mol. The molecule has 4 rings (SSSR count). The van der Waals surface area contributed by atoms with Gasteiger partial charge in [-0.15, -0.1) is 0 Å². The summed E-state index contributed by atoms with van der Waals surface area (Å²) in [4.78, 5) is 6.33. The maximum atomic E-state index is 9.21. The summed E-state index contributed by atoms with van der Waals surface area (Å²) in [7, 11) is 0. The molecule has 0 atom stereocenters. The topological polar surface area (TPSA) is 101 Å². The van der Waals surface area contributed by atoms with E-state index < -0.39 is 0 Å². The molecule has 1 aromatic rings. The zero-order valence-electron chi connectivity index (χ0n) is 18.6. The number of fused-ring (bicyclic) bond motifs is 1. The van der Waals surface area contributed by atoms with E-state index in [0.29, 0.717) is 11.7 Å². The van der Waals surface area contributed by atoms with Crippen LogP contribution in [0.3, 0.4) is 0 Å². The number of amidine groups is 1. The van der Waals surface area contributed by atoms with Crippen molar-refractivity contribution in [3.8, 4) is 11.7 Å². The largest absolute Gasteiger partial charge is 0.490 e. The van der Waals surface area contributed by atoms with Gasteiger partial charge in [0.2, 0.25) is 0 Å². The number of aliphatic imine (C=N–C) groups is 1. The van der Waals surface area contributed by atoms with Crippen LogP contribution in [0.4, 0.5) is 0 Å². The molecular weight excluding hydrogens is 409 g/mol. The minimum atomic E-state index is 0.0791. The Morgan fingerprint density at radius 1 is 1.29 bits per heavy atom. The molecule has 1 saturated carbocycles. The van der Waals surface area contributed by atoms with Crippen LogP contribution in [-0.2, 0) is 12.6 Å². The van der Waals surface area contributed by atoms with Crippen molar-refractivity contribution in [2.45, 2.75) is 52.4 Å². The maximum absolute atomic E-state index is 9.21. The third kappa shape index (κ3) is 5.19. The summed E-state index contributed by atoms with van der Waals surface area (Å²) in [5.74, 6) is 4.34. The number of nitriles is 1. The zero-order chi connectivity index (χ0) is 22.6. The summed E-state index contributed by atoms with van der Waals surface area (Å²) in [5.41, 5.74) is 14.1. The van der Waals surface area contributed by atoms with Gasteiger partial charge < -0.3 is 21.1 Å². The molecule has 0 radical (unpaired) electrons. The minimum Gasteiger partial charge on any atom is -0.490 e. The third-order valence-electron chi connectivity index (χ3n) is 6.13. The Morgan fingerprint density at radius 3 is 2.52 bits per heavy atom. The molecule has 6 nitrogen and oxygen atoms in total. The van der Waals surface area contributed by atoms with Gasteiger partial charge in [0.15, 0.2) is 5.82 Å². The van der Waals surface area contributed by atoms with E-state index in [1.165, 1.54) is 11.1 Å². The first kappa shape index (κ1) is 23.1. The summed E-state index contributed by atoms with van der Waals surface area (Å²) < 4.78 is 6.29. The molecule has 31 heavy (non-hydrogen) atoms. The molecule has 0 aromatic heterocycles. The second-order valence-electron chi connectivity index (χ2n) is 8.72. The van der Waals surface area contributed by atoms with Crippen LogP contribution in [0.15, 0.2) is 46.3 Å². The van der Waals surface area contributed by atoms with Crippen molar-refractivity contribution < 1.29 is 4.74 Å². The van der Waals surface area contributed by atoms with Gasteiger partial charge in [-0.1, -0.05) is 35.9 Å². The number of rotatable bonds is 4. The van der Waals surface area contributed by atoms with E-state index >= 15 is 0 Å². The van der Waals surface area contributed by atoms with Crippen molar-refractivity contribution in [2.24, 2.45) is 21.9 Å². The van der Waals surface area contributed by atoms with Gasteiger partial charge in [-0.25, -0.2) is 10.3 Å². The minimum absolute atomic E-state index is 0.0791. The number of benzene rings is 1. The van der Waals surface area contributed by atoms with E-state index in [1.54, 1.807) is 6.92 Å². The van der Waals surface area contributed by atoms with Crippen molar-refractivity contribution in [3.05, 3.63) is 52.5 Å². The standard InChI is InChI=1S/C19H23BClN5O.C4H8/c1-12(23)25-18(17(21)24)26-9-19(10-26)5-14(6-19)27-16-4-2-3-13-7-20(11-22)8-15(13)16;1-3-4-2/h2-4,14H,5-10,24H2,1H3,(H2,23,25);3-4H,1-2H3/b18-17+;4-3-. The summed E-state index contributed by atoms with van der Waals surface area (Å²) >= 11 is 5.97. The van der Waals surface area contributed by atoms with E-state index in [1.807, 2.05) is 38.1 Å². The highest BCUT2D eigenvalue weighted by molar-refractivity contribution is 6.67. The van der Waals surface area contributed by atoms with Crippen molar-refractivity contribution in [1.82, 2.24) is 4.90 Å². The van der Waals surface area contributed by atoms with Crippen LogP contribution >= 0.6 is 11.6 Å². The Kier molecular flexibility index (Phi) is 7.22. The summed E-state index contributed by atoms with van der Waals surface area (Å²) in [5, 5.41) is 9.38.